The number of halogens is 3. The van der Waals surface area contributed by atoms with Crippen molar-refractivity contribution in [3.63, 3.8) is 0 Å². The number of aromatic nitrogens is 4. The van der Waals surface area contributed by atoms with E-state index < -0.39 is 17.7 Å². The third kappa shape index (κ3) is 1.24. The second-order valence-corrected chi connectivity index (χ2v) is 2.49. The van der Waals surface area contributed by atoms with Gasteiger partial charge < -0.3 is 4.98 Å². The molecule has 0 aromatic carbocycles. The number of hydrogen-bond acceptors (Lipinski definition) is 3. The highest BCUT2D eigenvalue weighted by Crippen LogP contribution is 2.25. The fourth-order valence-electron chi connectivity index (χ4n) is 0.950. The van der Waals surface area contributed by atoms with Crippen LogP contribution in [0.15, 0.2) is 17.1 Å². The lowest BCUT2D eigenvalue weighted by molar-refractivity contribution is -0.144. The Labute approximate surface area is 74.2 Å². The van der Waals surface area contributed by atoms with E-state index in [1.807, 2.05) is 0 Å². The van der Waals surface area contributed by atoms with Gasteiger partial charge in [0.1, 0.15) is 0 Å². The summed E-state index contributed by atoms with van der Waals surface area (Å²) in [5.41, 5.74) is -0.897. The summed E-state index contributed by atoms with van der Waals surface area (Å²) in [6, 6.07) is 1.23. The Morgan fingerprint density at radius 1 is 1.43 bits per heavy atom. The highest BCUT2D eigenvalue weighted by atomic mass is 19.4. The topological polar surface area (TPSA) is 63.0 Å². The van der Waals surface area contributed by atoms with Crippen LogP contribution in [0.3, 0.4) is 0 Å². The van der Waals surface area contributed by atoms with Gasteiger partial charge in [0.25, 0.3) is 5.82 Å². The van der Waals surface area contributed by atoms with Crippen LogP contribution in [-0.4, -0.2) is 19.6 Å². The number of nitrogens with one attached hydrogen (secondary N) is 1. The number of aromatic amines is 1. The Morgan fingerprint density at radius 3 is 2.71 bits per heavy atom. The van der Waals surface area contributed by atoms with Gasteiger partial charge in [-0.3, -0.25) is 0 Å². The largest absolute Gasteiger partial charge is 0.453 e. The van der Waals surface area contributed by atoms with Gasteiger partial charge in [-0.05, 0) is 6.07 Å². The maximum Gasteiger partial charge on any atom is 0.453 e. The Morgan fingerprint density at radius 2 is 2.14 bits per heavy atom. The van der Waals surface area contributed by atoms with E-state index >= 15 is 0 Å². The fourth-order valence-corrected chi connectivity index (χ4v) is 0.950. The first-order valence-corrected chi connectivity index (χ1v) is 3.50. The summed E-state index contributed by atoms with van der Waals surface area (Å²) in [5.74, 6) is -1.32. The molecule has 0 radical (unpaired) electrons. The molecule has 0 aliphatic carbocycles. The smallest absolute Gasteiger partial charge is 0.313 e. The van der Waals surface area contributed by atoms with E-state index in [2.05, 4.69) is 15.1 Å². The van der Waals surface area contributed by atoms with Gasteiger partial charge in [0.2, 0.25) is 0 Å². The van der Waals surface area contributed by atoms with Crippen molar-refractivity contribution >= 4 is 5.65 Å². The highest BCUT2D eigenvalue weighted by Gasteiger charge is 2.36. The molecule has 0 aliphatic heterocycles. The summed E-state index contributed by atoms with van der Waals surface area (Å²) in [6.45, 7) is 0. The normalized spacial score (nSPS) is 12.2. The standard InChI is InChI=1S/C6H3F3N4O/c7-6(8,9)4-11-3-1-2-10-5(14)13(3)12-4/h1-2H,(H,10,14). The second-order valence-electron chi connectivity index (χ2n) is 2.49. The van der Waals surface area contributed by atoms with Crippen molar-refractivity contribution < 1.29 is 13.2 Å². The molecular formula is C6H3F3N4O. The maximum absolute atomic E-state index is 12.1. The van der Waals surface area contributed by atoms with Crippen molar-refractivity contribution in [2.75, 3.05) is 0 Å². The molecule has 2 heterocycles. The molecule has 2 rings (SSSR count). The molecule has 8 heteroatoms. The molecule has 0 atom stereocenters. The minimum absolute atomic E-state index is 0.138. The van der Waals surface area contributed by atoms with Crippen LogP contribution < -0.4 is 5.69 Å². The molecule has 0 spiro atoms. The van der Waals surface area contributed by atoms with E-state index in [4.69, 9.17) is 0 Å². The number of rotatable bonds is 0. The molecule has 0 bridgehead atoms. The van der Waals surface area contributed by atoms with E-state index in [0.717, 1.165) is 0 Å². The van der Waals surface area contributed by atoms with Gasteiger partial charge in [-0.1, -0.05) is 0 Å². The van der Waals surface area contributed by atoms with Crippen LogP contribution in [0.2, 0.25) is 0 Å². The number of H-pyrrole nitrogens is 1. The average Bonchev–Trinajstić information content (AvgIpc) is 2.48. The Balaban J connectivity index is 2.75. The lowest BCUT2D eigenvalue weighted by Crippen LogP contribution is -2.17. The summed E-state index contributed by atoms with van der Waals surface area (Å²) in [4.78, 5) is 16.3. The van der Waals surface area contributed by atoms with Gasteiger partial charge in [-0.2, -0.15) is 17.7 Å². The van der Waals surface area contributed by atoms with Crippen molar-refractivity contribution in [3.8, 4) is 0 Å². The molecule has 0 aliphatic rings. The molecule has 0 saturated heterocycles. The predicted octanol–water partition coefficient (Wildman–Crippen LogP) is 0.436. The van der Waals surface area contributed by atoms with Crippen LogP contribution >= 0.6 is 0 Å². The van der Waals surface area contributed by atoms with Crippen LogP contribution in [0.5, 0.6) is 0 Å². The number of nitrogens with zero attached hydrogens (tertiary/aromatic N) is 3. The zero-order valence-electron chi connectivity index (χ0n) is 6.54. The number of hydrogen-bond donors (Lipinski definition) is 1. The van der Waals surface area contributed by atoms with Crippen LogP contribution in [0, 0.1) is 0 Å². The molecule has 0 saturated carbocycles. The highest BCUT2D eigenvalue weighted by molar-refractivity contribution is 5.34. The number of fused-ring (bicyclic) bond motifs is 1. The van der Waals surface area contributed by atoms with Gasteiger partial charge in [-0.15, -0.1) is 5.10 Å². The SMILES string of the molecule is O=c1[nH]ccc2nc(C(F)(F)F)nn12. The first-order chi connectivity index (χ1) is 6.48. The van der Waals surface area contributed by atoms with Gasteiger partial charge in [0, 0.05) is 6.20 Å². The minimum Gasteiger partial charge on any atom is -0.313 e. The van der Waals surface area contributed by atoms with Crippen LogP contribution in [0.4, 0.5) is 13.2 Å². The molecule has 74 valence electrons. The molecule has 14 heavy (non-hydrogen) atoms. The molecule has 2 aromatic heterocycles. The molecular weight excluding hydrogens is 201 g/mol. The quantitative estimate of drug-likeness (QED) is 0.677. The average molecular weight is 204 g/mol. The molecule has 0 fully saturated rings. The monoisotopic (exact) mass is 204 g/mol. The lowest BCUT2D eigenvalue weighted by atomic mass is 10.6. The van der Waals surface area contributed by atoms with Crippen molar-refractivity contribution in [1.82, 2.24) is 19.6 Å². The molecule has 2 aromatic rings. The van der Waals surface area contributed by atoms with Crippen molar-refractivity contribution in [2.24, 2.45) is 0 Å². The van der Waals surface area contributed by atoms with E-state index in [1.54, 1.807) is 0 Å². The van der Waals surface area contributed by atoms with E-state index in [0.29, 0.717) is 4.52 Å². The Hall–Kier alpha value is -1.86. The summed E-state index contributed by atoms with van der Waals surface area (Å²) >= 11 is 0. The van der Waals surface area contributed by atoms with Crippen molar-refractivity contribution in [1.29, 1.82) is 0 Å². The van der Waals surface area contributed by atoms with Gasteiger partial charge >= 0.3 is 11.9 Å². The van der Waals surface area contributed by atoms with Crippen LogP contribution in [0.25, 0.3) is 5.65 Å². The van der Waals surface area contributed by atoms with E-state index in [-0.39, 0.29) is 5.65 Å². The third-order valence-corrected chi connectivity index (χ3v) is 1.52. The lowest BCUT2D eigenvalue weighted by Gasteiger charge is -1.96. The van der Waals surface area contributed by atoms with Crippen LogP contribution in [0.1, 0.15) is 5.82 Å². The zero-order chi connectivity index (χ0) is 10.3. The van der Waals surface area contributed by atoms with Crippen molar-refractivity contribution in [2.45, 2.75) is 6.18 Å². The van der Waals surface area contributed by atoms with Gasteiger partial charge in [0.15, 0.2) is 5.65 Å². The Bertz CT molecular complexity index is 526. The van der Waals surface area contributed by atoms with Gasteiger partial charge in [-0.25, -0.2) is 9.78 Å². The third-order valence-electron chi connectivity index (χ3n) is 1.52. The van der Waals surface area contributed by atoms with Gasteiger partial charge in [0.05, 0.1) is 0 Å². The summed E-state index contributed by atoms with van der Waals surface area (Å²) in [5, 5.41) is 3.02. The fraction of sp³-hybridized carbons (Fsp3) is 0.167. The Kier molecular flexibility index (Phi) is 1.60. The van der Waals surface area contributed by atoms with Crippen molar-refractivity contribution in [3.05, 3.63) is 28.6 Å². The molecule has 1 N–H and O–H groups in total. The zero-order valence-corrected chi connectivity index (χ0v) is 6.54. The van der Waals surface area contributed by atoms with Crippen LogP contribution in [-0.2, 0) is 6.18 Å². The molecule has 0 amide bonds. The molecule has 5 nitrogen and oxygen atoms in total. The first-order valence-electron chi connectivity index (χ1n) is 3.50. The second kappa shape index (κ2) is 2.56. The predicted molar refractivity (Wildman–Crippen MR) is 38.6 cm³/mol. The number of alkyl halides is 3. The summed E-state index contributed by atoms with van der Waals surface area (Å²) < 4.78 is 36.9. The van der Waals surface area contributed by atoms with E-state index in [1.165, 1.54) is 12.3 Å². The first kappa shape index (κ1) is 8.73. The maximum atomic E-state index is 12.1. The summed E-state index contributed by atoms with van der Waals surface area (Å²) in [7, 11) is 0. The van der Waals surface area contributed by atoms with E-state index in [9.17, 15) is 18.0 Å². The minimum atomic E-state index is -4.64. The summed E-state index contributed by atoms with van der Waals surface area (Å²) in [6.07, 6.45) is -3.44. The molecule has 0 unspecified atom stereocenters.